The molecule has 41 heavy (non-hydrogen) atoms. The van der Waals surface area contributed by atoms with Crippen LogP contribution in [0.25, 0.3) is 16.3 Å². The number of carbonyl (C=O) groups is 3. The van der Waals surface area contributed by atoms with Gasteiger partial charge in [0.05, 0.1) is 16.0 Å². The summed E-state index contributed by atoms with van der Waals surface area (Å²) in [5.74, 6) is -0.845. The maximum absolute atomic E-state index is 13.3. The first-order valence-corrected chi connectivity index (χ1v) is 14.6. The van der Waals surface area contributed by atoms with E-state index in [1.165, 1.54) is 23.1 Å². The van der Waals surface area contributed by atoms with Crippen LogP contribution >= 0.6 is 23.1 Å². The predicted molar refractivity (Wildman–Crippen MR) is 167 cm³/mol. The molecule has 0 atom stereocenters. The maximum atomic E-state index is 13.3. The molecule has 0 aliphatic rings. The van der Waals surface area contributed by atoms with Crippen LogP contribution in [0.15, 0.2) is 114 Å². The molecule has 0 unspecified atom stereocenters. The molecule has 0 fully saturated rings. The minimum absolute atomic E-state index is 0.107. The highest BCUT2D eigenvalue weighted by Crippen LogP contribution is 2.26. The number of amides is 3. The van der Waals surface area contributed by atoms with E-state index in [0.717, 1.165) is 26.2 Å². The standard InChI is InChI=1S/C32H26N4O3S2/c1-21-14-16-22(17-15-21)18-27(34-30(38)23-8-3-2-4-9-23)31(39)33-24-10-7-11-25(19-24)40-20-29(37)36-32-35-26-12-5-6-13-28(26)41-32/h2-19H,20H2,1H3,(H,33,39)(H,34,38)(H,35,36,37)/b27-18-. The summed E-state index contributed by atoms with van der Waals surface area (Å²) in [5, 5.41) is 9.03. The molecule has 0 aliphatic heterocycles. The minimum Gasteiger partial charge on any atom is -0.321 e. The average molecular weight is 579 g/mol. The van der Waals surface area contributed by atoms with Crippen LogP contribution in [0.3, 0.4) is 0 Å². The second kappa shape index (κ2) is 13.1. The van der Waals surface area contributed by atoms with Gasteiger partial charge in [0.1, 0.15) is 5.70 Å². The molecule has 9 heteroatoms. The van der Waals surface area contributed by atoms with Crippen LogP contribution in [0.4, 0.5) is 10.8 Å². The Balaban J connectivity index is 1.25. The van der Waals surface area contributed by atoms with Gasteiger partial charge in [0.2, 0.25) is 5.91 Å². The SMILES string of the molecule is Cc1ccc(/C=C(\NC(=O)c2ccccc2)C(=O)Nc2cccc(SCC(=O)Nc3nc4ccccc4s3)c2)cc1. The number of thioether (sulfide) groups is 1. The third-order valence-corrected chi connectivity index (χ3v) is 7.86. The van der Waals surface area contributed by atoms with E-state index in [1.54, 1.807) is 48.5 Å². The number of carbonyl (C=O) groups excluding carboxylic acids is 3. The number of fused-ring (bicyclic) bond motifs is 1. The van der Waals surface area contributed by atoms with Crippen molar-refractivity contribution in [3.8, 4) is 0 Å². The van der Waals surface area contributed by atoms with Gasteiger partial charge in [0.15, 0.2) is 5.13 Å². The van der Waals surface area contributed by atoms with Gasteiger partial charge in [-0.25, -0.2) is 4.98 Å². The van der Waals surface area contributed by atoms with E-state index in [4.69, 9.17) is 0 Å². The fourth-order valence-electron chi connectivity index (χ4n) is 3.86. The second-order valence-electron chi connectivity index (χ2n) is 9.09. The molecule has 204 valence electrons. The Morgan fingerprint density at radius 3 is 2.39 bits per heavy atom. The molecular formula is C32H26N4O3S2. The second-order valence-corrected chi connectivity index (χ2v) is 11.2. The van der Waals surface area contributed by atoms with Crippen LogP contribution in [0.1, 0.15) is 21.5 Å². The quantitative estimate of drug-likeness (QED) is 0.133. The molecule has 0 aliphatic carbocycles. The van der Waals surface area contributed by atoms with E-state index in [0.29, 0.717) is 16.4 Å². The lowest BCUT2D eigenvalue weighted by Crippen LogP contribution is -2.30. The number of thiazole rings is 1. The number of nitrogens with zero attached hydrogens (tertiary/aromatic N) is 1. The van der Waals surface area contributed by atoms with E-state index >= 15 is 0 Å². The molecule has 5 aromatic rings. The van der Waals surface area contributed by atoms with Crippen LogP contribution in [0.5, 0.6) is 0 Å². The molecule has 3 N–H and O–H groups in total. The molecule has 0 radical (unpaired) electrons. The Hall–Kier alpha value is -4.73. The zero-order chi connectivity index (χ0) is 28.6. The number of benzene rings is 4. The van der Waals surface area contributed by atoms with Crippen molar-refractivity contribution in [1.29, 1.82) is 0 Å². The Labute approximate surface area is 245 Å². The van der Waals surface area contributed by atoms with Gasteiger partial charge in [-0.3, -0.25) is 14.4 Å². The van der Waals surface area contributed by atoms with Crippen molar-refractivity contribution in [3.05, 3.63) is 126 Å². The number of aromatic nitrogens is 1. The van der Waals surface area contributed by atoms with Crippen molar-refractivity contribution in [1.82, 2.24) is 10.3 Å². The maximum Gasteiger partial charge on any atom is 0.272 e. The number of aryl methyl sites for hydroxylation is 1. The Bertz CT molecular complexity index is 1700. The number of para-hydroxylation sites is 1. The summed E-state index contributed by atoms with van der Waals surface area (Å²) in [7, 11) is 0. The van der Waals surface area contributed by atoms with E-state index in [-0.39, 0.29) is 23.3 Å². The van der Waals surface area contributed by atoms with Gasteiger partial charge in [-0.1, -0.05) is 77.6 Å². The van der Waals surface area contributed by atoms with E-state index in [1.807, 2.05) is 67.6 Å². The molecule has 4 aromatic carbocycles. The summed E-state index contributed by atoms with van der Waals surface area (Å²) in [6.07, 6.45) is 1.64. The third kappa shape index (κ3) is 7.69. The fourth-order valence-corrected chi connectivity index (χ4v) is 5.50. The number of rotatable bonds is 9. The summed E-state index contributed by atoms with van der Waals surface area (Å²) < 4.78 is 1.01. The van der Waals surface area contributed by atoms with Crippen LogP contribution < -0.4 is 16.0 Å². The molecule has 0 saturated carbocycles. The summed E-state index contributed by atoms with van der Waals surface area (Å²) >= 11 is 2.77. The lowest BCUT2D eigenvalue weighted by molar-refractivity contribution is -0.114. The van der Waals surface area contributed by atoms with E-state index in [2.05, 4.69) is 20.9 Å². The lowest BCUT2D eigenvalue weighted by Gasteiger charge is -2.12. The highest BCUT2D eigenvalue weighted by atomic mass is 32.2. The number of hydrogen-bond donors (Lipinski definition) is 3. The molecule has 1 heterocycles. The summed E-state index contributed by atoms with van der Waals surface area (Å²) in [4.78, 5) is 44.0. The van der Waals surface area contributed by atoms with Gasteiger partial charge in [0.25, 0.3) is 11.8 Å². The van der Waals surface area contributed by atoms with Crippen LogP contribution in [0, 0.1) is 6.92 Å². The predicted octanol–water partition coefficient (Wildman–Crippen LogP) is 6.75. The molecule has 3 amide bonds. The van der Waals surface area contributed by atoms with Crippen molar-refractivity contribution in [2.24, 2.45) is 0 Å². The molecule has 5 rings (SSSR count). The molecule has 0 spiro atoms. The third-order valence-electron chi connectivity index (χ3n) is 5.92. The topological polar surface area (TPSA) is 100 Å². The summed E-state index contributed by atoms with van der Waals surface area (Å²) in [6, 6.07) is 31.3. The zero-order valence-corrected chi connectivity index (χ0v) is 23.7. The Morgan fingerprint density at radius 1 is 0.854 bits per heavy atom. The minimum atomic E-state index is -0.467. The number of hydrogen-bond acceptors (Lipinski definition) is 6. The highest BCUT2D eigenvalue weighted by Gasteiger charge is 2.16. The van der Waals surface area contributed by atoms with Gasteiger partial charge < -0.3 is 16.0 Å². The number of nitrogens with one attached hydrogen (secondary N) is 3. The van der Waals surface area contributed by atoms with Gasteiger partial charge in [-0.2, -0.15) is 0 Å². The Kier molecular flexibility index (Phi) is 8.88. The molecular weight excluding hydrogens is 553 g/mol. The zero-order valence-electron chi connectivity index (χ0n) is 22.1. The first-order valence-electron chi connectivity index (χ1n) is 12.8. The Morgan fingerprint density at radius 2 is 1.61 bits per heavy atom. The van der Waals surface area contributed by atoms with Crippen LogP contribution in [-0.2, 0) is 9.59 Å². The number of anilines is 2. The normalized spacial score (nSPS) is 11.2. The highest BCUT2D eigenvalue weighted by molar-refractivity contribution is 8.00. The van der Waals surface area contributed by atoms with Crippen molar-refractivity contribution in [2.75, 3.05) is 16.4 Å². The summed E-state index contributed by atoms with van der Waals surface area (Å²) in [5.41, 5.74) is 3.80. The lowest BCUT2D eigenvalue weighted by atomic mass is 10.1. The van der Waals surface area contributed by atoms with Gasteiger partial charge in [-0.15, -0.1) is 11.8 Å². The van der Waals surface area contributed by atoms with E-state index in [9.17, 15) is 14.4 Å². The first kappa shape index (κ1) is 27.8. The smallest absolute Gasteiger partial charge is 0.272 e. The van der Waals surface area contributed by atoms with Crippen LogP contribution in [-0.4, -0.2) is 28.5 Å². The molecule has 7 nitrogen and oxygen atoms in total. The average Bonchev–Trinajstić information content (AvgIpc) is 3.39. The van der Waals surface area contributed by atoms with Gasteiger partial charge in [-0.05, 0) is 61.0 Å². The van der Waals surface area contributed by atoms with Crippen molar-refractivity contribution in [2.45, 2.75) is 11.8 Å². The largest absolute Gasteiger partial charge is 0.321 e. The van der Waals surface area contributed by atoms with Gasteiger partial charge in [0, 0.05) is 16.1 Å². The van der Waals surface area contributed by atoms with E-state index < -0.39 is 5.91 Å². The first-order chi connectivity index (χ1) is 19.9. The monoisotopic (exact) mass is 578 g/mol. The molecule has 0 bridgehead atoms. The van der Waals surface area contributed by atoms with Crippen molar-refractivity contribution < 1.29 is 14.4 Å². The molecule has 1 aromatic heterocycles. The van der Waals surface area contributed by atoms with Crippen LogP contribution in [0.2, 0.25) is 0 Å². The van der Waals surface area contributed by atoms with Crippen molar-refractivity contribution >= 4 is 67.9 Å². The molecule has 0 saturated heterocycles. The summed E-state index contributed by atoms with van der Waals surface area (Å²) in [6.45, 7) is 1.98. The van der Waals surface area contributed by atoms with Gasteiger partial charge >= 0.3 is 0 Å². The van der Waals surface area contributed by atoms with Crippen molar-refractivity contribution in [3.63, 3.8) is 0 Å². The fraction of sp³-hybridized carbons (Fsp3) is 0.0625.